The van der Waals surface area contributed by atoms with Gasteiger partial charge in [0.05, 0.1) is 5.41 Å². The molecule has 32 heavy (non-hydrogen) atoms. The van der Waals surface area contributed by atoms with E-state index in [2.05, 4.69) is 10.6 Å². The Kier molecular flexibility index (Phi) is 5.02. The molecule has 7 heteroatoms. The summed E-state index contributed by atoms with van der Waals surface area (Å²) in [5, 5.41) is 6.22. The zero-order valence-corrected chi connectivity index (χ0v) is 18.2. The van der Waals surface area contributed by atoms with Crippen molar-refractivity contribution in [3.05, 3.63) is 76.8 Å². The van der Waals surface area contributed by atoms with Crippen molar-refractivity contribution in [2.24, 2.45) is 0 Å². The lowest BCUT2D eigenvalue weighted by molar-refractivity contribution is -0.118. The molecule has 5 rings (SSSR count). The predicted molar refractivity (Wildman–Crippen MR) is 127 cm³/mol. The molecule has 0 aromatic heterocycles. The van der Waals surface area contributed by atoms with Gasteiger partial charge in [-0.1, -0.05) is 29.8 Å². The van der Waals surface area contributed by atoms with Crippen LogP contribution in [0.15, 0.2) is 60.7 Å². The molecule has 0 spiro atoms. The normalized spacial score (nSPS) is 15.2. The number of fused-ring (bicyclic) bond motifs is 1. The standard InChI is InChI=1S/C25H21ClN2O4.2H2/c1-27-23(29)16-4-2-15(3-5-16)19-13-18(7-8-20(19)26)28-24(30)25(10-11-25)17-6-9-21-22(12-17)32-14-31-21;;/h2-9,12-13H,10-11,14H2,1H3,(H,27,29)(H,28,30);2*1H. The van der Waals surface area contributed by atoms with Gasteiger partial charge in [-0.3, -0.25) is 9.59 Å². The lowest BCUT2D eigenvalue weighted by Crippen LogP contribution is -2.27. The van der Waals surface area contributed by atoms with Gasteiger partial charge in [0.25, 0.3) is 5.91 Å². The summed E-state index contributed by atoms with van der Waals surface area (Å²) in [6.07, 6.45) is 1.56. The van der Waals surface area contributed by atoms with Gasteiger partial charge < -0.3 is 20.1 Å². The van der Waals surface area contributed by atoms with Crippen LogP contribution in [0.3, 0.4) is 0 Å². The molecule has 0 unspecified atom stereocenters. The summed E-state index contributed by atoms with van der Waals surface area (Å²) < 4.78 is 10.9. The summed E-state index contributed by atoms with van der Waals surface area (Å²) in [6, 6.07) is 18.3. The Balaban J connectivity index is 0.00000162. The average molecular weight is 453 g/mol. The zero-order valence-electron chi connectivity index (χ0n) is 17.4. The molecule has 2 amide bonds. The number of carbonyl (C=O) groups is 2. The molecule has 0 saturated heterocycles. The molecule has 2 N–H and O–H groups in total. The van der Waals surface area contributed by atoms with E-state index in [4.69, 9.17) is 21.1 Å². The molecule has 6 nitrogen and oxygen atoms in total. The van der Waals surface area contributed by atoms with Gasteiger partial charge in [0.2, 0.25) is 12.7 Å². The van der Waals surface area contributed by atoms with E-state index in [0.717, 1.165) is 29.5 Å². The third-order valence-corrected chi connectivity index (χ3v) is 6.35. The lowest BCUT2D eigenvalue weighted by Gasteiger charge is -2.17. The minimum Gasteiger partial charge on any atom is -0.454 e. The van der Waals surface area contributed by atoms with E-state index in [-0.39, 0.29) is 21.5 Å². The minimum atomic E-state index is -0.560. The maximum absolute atomic E-state index is 13.2. The summed E-state index contributed by atoms with van der Waals surface area (Å²) in [4.78, 5) is 25.0. The predicted octanol–water partition coefficient (Wildman–Crippen LogP) is 5.26. The molecule has 3 aromatic carbocycles. The smallest absolute Gasteiger partial charge is 0.251 e. The second-order valence-electron chi connectivity index (χ2n) is 7.96. The molecule has 0 radical (unpaired) electrons. The second-order valence-corrected chi connectivity index (χ2v) is 8.36. The summed E-state index contributed by atoms with van der Waals surface area (Å²) >= 11 is 6.43. The summed E-state index contributed by atoms with van der Waals surface area (Å²) in [5.41, 5.74) is 3.23. The first-order valence-corrected chi connectivity index (χ1v) is 10.7. The number of halogens is 1. The zero-order chi connectivity index (χ0) is 22.3. The van der Waals surface area contributed by atoms with Crippen molar-refractivity contribution in [2.45, 2.75) is 18.3 Å². The van der Waals surface area contributed by atoms with E-state index in [1.54, 1.807) is 31.3 Å². The molecule has 1 aliphatic heterocycles. The largest absolute Gasteiger partial charge is 0.454 e. The van der Waals surface area contributed by atoms with E-state index >= 15 is 0 Å². The van der Waals surface area contributed by atoms with Crippen molar-refractivity contribution in [1.82, 2.24) is 5.32 Å². The van der Waals surface area contributed by atoms with E-state index in [9.17, 15) is 9.59 Å². The molecule has 166 valence electrons. The first-order valence-electron chi connectivity index (χ1n) is 10.3. The van der Waals surface area contributed by atoms with Gasteiger partial charge >= 0.3 is 0 Å². The highest BCUT2D eigenvalue weighted by Crippen LogP contribution is 2.51. The number of carbonyl (C=O) groups excluding carboxylic acids is 2. The SMILES string of the molecule is CNC(=O)c1ccc(-c2cc(NC(=O)C3(c4ccc5c(c4)OCO5)CC3)ccc2Cl)cc1.[HH].[HH]. The minimum absolute atomic E-state index is 0. The number of anilines is 1. The molecule has 1 aliphatic carbocycles. The van der Waals surface area contributed by atoms with Gasteiger partial charge in [-0.25, -0.2) is 0 Å². The molecule has 0 bridgehead atoms. The summed E-state index contributed by atoms with van der Waals surface area (Å²) in [6.45, 7) is 0.204. The Morgan fingerprint density at radius 1 is 0.969 bits per heavy atom. The number of hydrogen-bond acceptors (Lipinski definition) is 4. The Hall–Kier alpha value is -3.51. The molecule has 1 fully saturated rings. The number of amides is 2. The third-order valence-electron chi connectivity index (χ3n) is 6.02. The fraction of sp³-hybridized carbons (Fsp3) is 0.200. The third kappa shape index (κ3) is 3.56. The molecule has 2 aliphatic rings. The van der Waals surface area contributed by atoms with Gasteiger partial charge in [-0.15, -0.1) is 0 Å². The lowest BCUT2D eigenvalue weighted by atomic mass is 9.94. The number of benzene rings is 3. The fourth-order valence-electron chi connectivity index (χ4n) is 3.99. The van der Waals surface area contributed by atoms with Crippen LogP contribution in [0.4, 0.5) is 5.69 Å². The van der Waals surface area contributed by atoms with Crippen LogP contribution in [-0.2, 0) is 10.2 Å². The number of ether oxygens (including phenoxy) is 2. The summed E-state index contributed by atoms with van der Waals surface area (Å²) in [7, 11) is 1.59. The molecular formula is C25H25ClN2O4. The van der Waals surface area contributed by atoms with Crippen molar-refractivity contribution in [1.29, 1.82) is 0 Å². The number of hydrogen-bond donors (Lipinski definition) is 2. The second kappa shape index (κ2) is 7.88. The highest BCUT2D eigenvalue weighted by molar-refractivity contribution is 6.33. The van der Waals surface area contributed by atoms with Gasteiger partial charge in [-0.2, -0.15) is 0 Å². The summed E-state index contributed by atoms with van der Waals surface area (Å²) in [5.74, 6) is 1.17. The molecule has 1 heterocycles. The van der Waals surface area contributed by atoms with Crippen LogP contribution in [0.1, 0.15) is 31.6 Å². The molecular weight excluding hydrogens is 428 g/mol. The fourth-order valence-corrected chi connectivity index (χ4v) is 4.21. The van der Waals surface area contributed by atoms with Gasteiger partial charge in [0.1, 0.15) is 0 Å². The Morgan fingerprint density at radius 2 is 1.72 bits per heavy atom. The maximum Gasteiger partial charge on any atom is 0.251 e. The highest BCUT2D eigenvalue weighted by Gasteiger charge is 2.51. The molecule has 1 saturated carbocycles. The van der Waals surface area contributed by atoms with E-state index in [0.29, 0.717) is 27.8 Å². The van der Waals surface area contributed by atoms with E-state index < -0.39 is 5.41 Å². The Bertz CT molecular complexity index is 1230. The number of rotatable bonds is 5. The monoisotopic (exact) mass is 452 g/mol. The van der Waals surface area contributed by atoms with Crippen molar-refractivity contribution in [3.8, 4) is 22.6 Å². The quantitative estimate of drug-likeness (QED) is 0.553. The van der Waals surface area contributed by atoms with Crippen LogP contribution in [0.25, 0.3) is 11.1 Å². The van der Waals surface area contributed by atoms with Gasteiger partial charge in [0, 0.05) is 31.7 Å². The van der Waals surface area contributed by atoms with Crippen LogP contribution >= 0.6 is 11.6 Å². The van der Waals surface area contributed by atoms with Crippen molar-refractivity contribution >= 4 is 29.1 Å². The van der Waals surface area contributed by atoms with Gasteiger partial charge in [-0.05, 0) is 66.4 Å². The van der Waals surface area contributed by atoms with Gasteiger partial charge in [0.15, 0.2) is 11.5 Å². The highest BCUT2D eigenvalue weighted by atomic mass is 35.5. The Labute approximate surface area is 193 Å². The van der Waals surface area contributed by atoms with Crippen LogP contribution in [-0.4, -0.2) is 25.7 Å². The van der Waals surface area contributed by atoms with Crippen molar-refractivity contribution in [2.75, 3.05) is 19.2 Å². The first kappa shape index (κ1) is 20.4. The van der Waals surface area contributed by atoms with Crippen LogP contribution < -0.4 is 20.1 Å². The van der Waals surface area contributed by atoms with Crippen LogP contribution in [0.2, 0.25) is 5.02 Å². The first-order chi connectivity index (χ1) is 15.5. The van der Waals surface area contributed by atoms with E-state index in [1.807, 2.05) is 36.4 Å². The van der Waals surface area contributed by atoms with Crippen molar-refractivity contribution < 1.29 is 21.9 Å². The van der Waals surface area contributed by atoms with Crippen LogP contribution in [0.5, 0.6) is 11.5 Å². The van der Waals surface area contributed by atoms with Crippen molar-refractivity contribution in [3.63, 3.8) is 0 Å². The maximum atomic E-state index is 13.2. The van der Waals surface area contributed by atoms with E-state index in [1.165, 1.54) is 0 Å². The molecule has 3 aromatic rings. The topological polar surface area (TPSA) is 76.7 Å². The average Bonchev–Trinajstić information content (AvgIpc) is 3.50. The Morgan fingerprint density at radius 3 is 2.44 bits per heavy atom. The van der Waals surface area contributed by atoms with Crippen LogP contribution in [0, 0.1) is 0 Å². The molecule has 0 atom stereocenters. The number of nitrogens with one attached hydrogen (secondary N) is 2.